The van der Waals surface area contributed by atoms with Crippen LogP contribution < -0.4 is 0 Å². The van der Waals surface area contributed by atoms with Crippen molar-refractivity contribution in [2.45, 2.75) is 137 Å². The molecule has 0 amide bonds. The summed E-state index contributed by atoms with van der Waals surface area (Å²) >= 11 is 0. The van der Waals surface area contributed by atoms with Crippen LogP contribution in [0.25, 0.3) is 0 Å². The largest absolute Gasteiger partial charge is 0.417 e. The molecule has 0 unspecified atom stereocenters. The summed E-state index contributed by atoms with van der Waals surface area (Å²) in [6.45, 7) is 29.8. The summed E-state index contributed by atoms with van der Waals surface area (Å²) in [4.78, 5) is 0. The smallest absolute Gasteiger partial charge is 0.191 e. The van der Waals surface area contributed by atoms with E-state index in [0.717, 1.165) is 31.3 Å². The standard InChI is InChI=1S/C30H56O2Si2/c1-21-13-15-25-24(4)19-30(20-27(21)25,32-33(8,9)10)28-23(3)14-16-26(28)22(2)17-18-31-34(11,12)29(5,6)7/h22,24-26H,13-20H2,1-12H3/t22-,24+,25+,26+,30+/m1/s1. The molecule has 0 bridgehead atoms. The molecule has 1 saturated carbocycles. The highest BCUT2D eigenvalue weighted by molar-refractivity contribution is 6.74. The van der Waals surface area contributed by atoms with Crippen LogP contribution in [0.15, 0.2) is 22.3 Å². The van der Waals surface area contributed by atoms with Crippen molar-refractivity contribution in [2.24, 2.45) is 23.7 Å². The van der Waals surface area contributed by atoms with E-state index in [-0.39, 0.29) is 10.6 Å². The van der Waals surface area contributed by atoms with Gasteiger partial charge in [0.15, 0.2) is 16.6 Å². The van der Waals surface area contributed by atoms with Gasteiger partial charge in [0.2, 0.25) is 0 Å². The second-order valence-electron chi connectivity index (χ2n) is 14.7. The Balaban J connectivity index is 1.87. The fraction of sp³-hybridized carbons (Fsp3) is 0.867. The van der Waals surface area contributed by atoms with Crippen molar-refractivity contribution in [3.05, 3.63) is 22.3 Å². The summed E-state index contributed by atoms with van der Waals surface area (Å²) in [6.07, 6.45) is 8.76. The molecule has 0 saturated heterocycles. The second kappa shape index (κ2) is 9.95. The van der Waals surface area contributed by atoms with Crippen molar-refractivity contribution < 1.29 is 8.85 Å². The lowest BCUT2D eigenvalue weighted by Gasteiger charge is -2.50. The highest BCUT2D eigenvalue weighted by atomic mass is 28.4. The van der Waals surface area contributed by atoms with Gasteiger partial charge in [0.25, 0.3) is 0 Å². The second-order valence-corrected chi connectivity index (χ2v) is 24.0. The van der Waals surface area contributed by atoms with Gasteiger partial charge >= 0.3 is 0 Å². The molecule has 3 rings (SSSR count). The molecule has 5 atom stereocenters. The van der Waals surface area contributed by atoms with Crippen molar-refractivity contribution in [3.63, 3.8) is 0 Å². The predicted molar refractivity (Wildman–Crippen MR) is 153 cm³/mol. The molecule has 0 aromatic heterocycles. The molecule has 0 heterocycles. The van der Waals surface area contributed by atoms with Gasteiger partial charge < -0.3 is 8.85 Å². The fourth-order valence-electron chi connectivity index (χ4n) is 7.08. The maximum atomic E-state index is 7.35. The van der Waals surface area contributed by atoms with Crippen LogP contribution in [-0.4, -0.2) is 28.8 Å². The van der Waals surface area contributed by atoms with Gasteiger partial charge in [-0.2, -0.15) is 0 Å². The van der Waals surface area contributed by atoms with Crippen LogP contribution in [0, 0.1) is 23.7 Å². The average Bonchev–Trinajstić information content (AvgIpc) is 3.23. The van der Waals surface area contributed by atoms with Crippen molar-refractivity contribution >= 4 is 16.6 Å². The number of fused-ring (bicyclic) bond motifs is 1. The lowest BCUT2D eigenvalue weighted by molar-refractivity contribution is 0.0297. The quantitative estimate of drug-likeness (QED) is 0.242. The van der Waals surface area contributed by atoms with E-state index in [1.54, 1.807) is 22.3 Å². The van der Waals surface area contributed by atoms with Gasteiger partial charge in [0.1, 0.15) is 0 Å². The monoisotopic (exact) mass is 504 g/mol. The van der Waals surface area contributed by atoms with Crippen molar-refractivity contribution in [1.82, 2.24) is 0 Å². The topological polar surface area (TPSA) is 18.5 Å². The van der Waals surface area contributed by atoms with Crippen LogP contribution in [0.5, 0.6) is 0 Å². The molecule has 0 aliphatic heterocycles. The van der Waals surface area contributed by atoms with Gasteiger partial charge in [-0.05, 0) is 119 Å². The number of hydrogen-bond donors (Lipinski definition) is 0. The molecule has 4 heteroatoms. The Morgan fingerprint density at radius 2 is 1.62 bits per heavy atom. The third-order valence-corrected chi connectivity index (χ3v) is 15.4. The van der Waals surface area contributed by atoms with Crippen molar-refractivity contribution in [3.8, 4) is 0 Å². The Hall–Kier alpha value is -0.166. The molecule has 0 spiro atoms. The molecule has 0 radical (unpaired) electrons. The highest BCUT2D eigenvalue weighted by Gasteiger charge is 2.52. The first kappa shape index (κ1) is 28.4. The zero-order chi connectivity index (χ0) is 25.7. The first-order chi connectivity index (χ1) is 15.5. The summed E-state index contributed by atoms with van der Waals surface area (Å²) in [5.41, 5.74) is 6.72. The van der Waals surface area contributed by atoms with E-state index in [9.17, 15) is 0 Å². The molecular weight excluding hydrogens is 449 g/mol. The molecule has 2 nitrogen and oxygen atoms in total. The number of hydrogen-bond acceptors (Lipinski definition) is 2. The maximum absolute atomic E-state index is 7.35. The van der Waals surface area contributed by atoms with Gasteiger partial charge in [-0.15, -0.1) is 0 Å². The lowest BCUT2D eigenvalue weighted by atomic mass is 9.64. The summed E-state index contributed by atoms with van der Waals surface area (Å²) in [7, 11) is -3.41. The average molecular weight is 505 g/mol. The Bertz CT molecular complexity index is 811. The normalized spacial score (nSPS) is 31.9. The minimum absolute atomic E-state index is 0.0683. The zero-order valence-corrected chi connectivity index (χ0v) is 26.8. The minimum Gasteiger partial charge on any atom is -0.417 e. The number of rotatable bonds is 8. The first-order valence-electron chi connectivity index (χ1n) is 14.2. The Morgan fingerprint density at radius 1 is 1.00 bits per heavy atom. The van der Waals surface area contributed by atoms with Crippen LogP contribution in [-0.2, 0) is 8.85 Å². The SMILES string of the molecule is CC1=C2C[C@](O[Si](C)(C)C)(C3=C(C)CC[C@H]3[C@H](C)CCO[Si](C)(C)C(C)(C)C)C[C@H](C)[C@@H]2CC1. The maximum Gasteiger partial charge on any atom is 0.191 e. The van der Waals surface area contributed by atoms with E-state index in [2.05, 4.69) is 81.2 Å². The van der Waals surface area contributed by atoms with Gasteiger partial charge in [-0.25, -0.2) is 0 Å². The van der Waals surface area contributed by atoms with E-state index in [4.69, 9.17) is 8.85 Å². The van der Waals surface area contributed by atoms with E-state index in [0.29, 0.717) is 11.8 Å². The molecule has 3 aliphatic rings. The Labute approximate surface area is 214 Å². The first-order valence-corrected chi connectivity index (χ1v) is 20.5. The van der Waals surface area contributed by atoms with E-state index in [1.807, 2.05) is 0 Å². The van der Waals surface area contributed by atoms with Crippen LogP contribution in [0.3, 0.4) is 0 Å². The zero-order valence-electron chi connectivity index (χ0n) is 24.8. The van der Waals surface area contributed by atoms with E-state index < -0.39 is 16.6 Å². The van der Waals surface area contributed by atoms with Crippen molar-refractivity contribution in [2.75, 3.05) is 6.61 Å². The molecule has 34 heavy (non-hydrogen) atoms. The Kier molecular flexibility index (Phi) is 8.31. The molecule has 196 valence electrons. The summed E-state index contributed by atoms with van der Waals surface area (Å²) < 4.78 is 14.0. The molecule has 0 aromatic carbocycles. The summed E-state index contributed by atoms with van der Waals surface area (Å²) in [5, 5.41) is 0.280. The summed E-state index contributed by atoms with van der Waals surface area (Å²) in [6, 6.07) is 0. The van der Waals surface area contributed by atoms with Gasteiger partial charge in [0.05, 0.1) is 5.60 Å². The fourth-order valence-corrected chi connectivity index (χ4v) is 9.58. The molecule has 1 fully saturated rings. The summed E-state index contributed by atoms with van der Waals surface area (Å²) in [5.74, 6) is 2.81. The van der Waals surface area contributed by atoms with Gasteiger partial charge in [-0.3, -0.25) is 0 Å². The van der Waals surface area contributed by atoms with Crippen LogP contribution in [0.2, 0.25) is 37.8 Å². The van der Waals surface area contributed by atoms with E-state index in [1.165, 1.54) is 32.1 Å². The Morgan fingerprint density at radius 3 is 2.21 bits per heavy atom. The lowest BCUT2D eigenvalue weighted by Crippen LogP contribution is -2.50. The van der Waals surface area contributed by atoms with Crippen molar-refractivity contribution in [1.29, 1.82) is 0 Å². The third-order valence-electron chi connectivity index (χ3n) is 9.82. The van der Waals surface area contributed by atoms with Crippen LogP contribution in [0.4, 0.5) is 0 Å². The van der Waals surface area contributed by atoms with E-state index >= 15 is 0 Å². The van der Waals surface area contributed by atoms with Crippen LogP contribution in [0.1, 0.15) is 93.4 Å². The molecule has 0 N–H and O–H groups in total. The highest BCUT2D eigenvalue weighted by Crippen LogP contribution is 2.57. The predicted octanol–water partition coefficient (Wildman–Crippen LogP) is 9.51. The van der Waals surface area contributed by atoms with Gasteiger partial charge in [0, 0.05) is 13.0 Å². The third kappa shape index (κ3) is 5.87. The van der Waals surface area contributed by atoms with Gasteiger partial charge in [-0.1, -0.05) is 51.3 Å². The van der Waals surface area contributed by atoms with Crippen LogP contribution >= 0.6 is 0 Å². The minimum atomic E-state index is -1.72. The number of allylic oxidation sites excluding steroid dienone is 2. The molecular formula is C30H56O2Si2. The molecule has 0 aromatic rings. The molecule has 3 aliphatic carbocycles.